The molecule has 234 valence electrons. The van der Waals surface area contributed by atoms with Crippen molar-refractivity contribution in [2.24, 2.45) is 23.2 Å². The Bertz CT molecular complexity index is 1840. The highest BCUT2D eigenvalue weighted by Gasteiger charge is 2.76. The Kier molecular flexibility index (Phi) is 6.50. The first-order valence-corrected chi connectivity index (χ1v) is 16.9. The van der Waals surface area contributed by atoms with E-state index in [1.165, 1.54) is 24.0 Å². The van der Waals surface area contributed by atoms with Crippen molar-refractivity contribution in [3.63, 3.8) is 0 Å². The Morgan fingerprint density at radius 3 is 2.43 bits per heavy atom. The maximum atomic E-state index is 13.8. The molecule has 5 aliphatic carbocycles. The van der Waals surface area contributed by atoms with Crippen LogP contribution in [-0.2, 0) is 16.1 Å². The van der Waals surface area contributed by atoms with Gasteiger partial charge in [-0.2, -0.15) is 0 Å². The predicted molar refractivity (Wildman–Crippen MR) is 173 cm³/mol. The maximum Gasteiger partial charge on any atom is 0.336 e. The smallest absolute Gasteiger partial charge is 0.336 e. The first-order chi connectivity index (χ1) is 22.5. The molecule has 5 fully saturated rings. The highest BCUT2D eigenvalue weighted by Crippen LogP contribution is 2.77. The normalized spacial score (nSPS) is 27.7. The second-order valence-corrected chi connectivity index (χ2v) is 14.3. The molecule has 1 amide bonds. The molecule has 4 aromatic rings. The van der Waals surface area contributed by atoms with Crippen LogP contribution in [0, 0.1) is 23.2 Å². The van der Waals surface area contributed by atoms with Gasteiger partial charge in [-0.05, 0) is 109 Å². The largest absolute Gasteiger partial charge is 0.478 e. The van der Waals surface area contributed by atoms with Crippen molar-refractivity contribution >= 4 is 17.6 Å². The lowest BCUT2D eigenvalue weighted by atomic mass is 9.62. The standard InChI is InChI=1S/C39H38N2O5/c42-37(40-26-14-15-30(38(43)44)31(19-26)22-6-2-1-3-7-22)34-33-20-27(18-25-16-17-39(25,33)34)45-21-32-35(41-46-36(32)24-12-13-24)29-9-5-4-8-28(29)23-10-11-23/h1-9,14-15,19,23-25,27,33-34H,10-13,16-18,20-21H2,(H,40,42)(H,43,44). The van der Waals surface area contributed by atoms with Gasteiger partial charge in [-0.25, -0.2) is 4.79 Å². The van der Waals surface area contributed by atoms with Gasteiger partial charge in [-0.3, -0.25) is 4.79 Å². The Morgan fingerprint density at radius 2 is 1.70 bits per heavy atom. The molecule has 5 saturated carbocycles. The monoisotopic (exact) mass is 614 g/mol. The van der Waals surface area contributed by atoms with Gasteiger partial charge in [0.2, 0.25) is 5.91 Å². The summed E-state index contributed by atoms with van der Waals surface area (Å²) in [7, 11) is 0. The number of amides is 1. The van der Waals surface area contributed by atoms with Crippen molar-refractivity contribution in [3.05, 3.63) is 95.2 Å². The Labute approximate surface area is 268 Å². The van der Waals surface area contributed by atoms with Gasteiger partial charge in [0.25, 0.3) is 0 Å². The molecule has 5 aliphatic rings. The number of carboxylic acid groups (broad SMARTS) is 1. The second-order valence-electron chi connectivity index (χ2n) is 14.3. The van der Waals surface area contributed by atoms with Crippen LogP contribution < -0.4 is 5.32 Å². The first-order valence-electron chi connectivity index (χ1n) is 16.9. The summed E-state index contributed by atoms with van der Waals surface area (Å²) in [5, 5.41) is 17.6. The molecule has 7 nitrogen and oxygen atoms in total. The van der Waals surface area contributed by atoms with Gasteiger partial charge < -0.3 is 19.7 Å². The number of nitrogens with one attached hydrogen (secondary N) is 1. The highest BCUT2D eigenvalue weighted by molar-refractivity contribution is 6.00. The third-order valence-corrected chi connectivity index (χ3v) is 11.7. The van der Waals surface area contributed by atoms with E-state index in [0.717, 1.165) is 61.1 Å². The van der Waals surface area contributed by atoms with Crippen LogP contribution in [0.15, 0.2) is 77.3 Å². The summed E-state index contributed by atoms with van der Waals surface area (Å²) < 4.78 is 12.7. The molecule has 1 heterocycles. The summed E-state index contributed by atoms with van der Waals surface area (Å²) >= 11 is 0. The minimum absolute atomic E-state index is 0.0298. The molecule has 9 rings (SSSR count). The van der Waals surface area contributed by atoms with Crippen molar-refractivity contribution < 1.29 is 24.0 Å². The molecule has 46 heavy (non-hydrogen) atoms. The average Bonchev–Trinajstić information content (AvgIpc) is 3.96. The third kappa shape index (κ3) is 4.62. The van der Waals surface area contributed by atoms with Crippen molar-refractivity contribution in [2.75, 3.05) is 5.32 Å². The average molecular weight is 615 g/mol. The summed E-state index contributed by atoms with van der Waals surface area (Å²) in [6.07, 6.45) is 8.98. The minimum Gasteiger partial charge on any atom is -0.478 e. The number of ether oxygens (including phenoxy) is 1. The molecule has 0 bridgehead atoms. The van der Waals surface area contributed by atoms with Gasteiger partial charge in [0.05, 0.1) is 18.3 Å². The lowest BCUT2D eigenvalue weighted by molar-refractivity contribution is -0.119. The fourth-order valence-electron chi connectivity index (χ4n) is 8.96. The highest BCUT2D eigenvalue weighted by atomic mass is 16.5. The van der Waals surface area contributed by atoms with Crippen LogP contribution in [0.2, 0.25) is 0 Å². The number of benzene rings is 3. The molecular weight excluding hydrogens is 576 g/mol. The fourth-order valence-corrected chi connectivity index (χ4v) is 8.96. The zero-order valence-electron chi connectivity index (χ0n) is 25.8. The number of hydrogen-bond donors (Lipinski definition) is 2. The summed E-state index contributed by atoms with van der Waals surface area (Å²) in [6, 6.07) is 23.2. The molecule has 0 aliphatic heterocycles. The lowest BCUT2D eigenvalue weighted by Crippen LogP contribution is -2.39. The van der Waals surface area contributed by atoms with Crippen LogP contribution in [0.1, 0.15) is 90.4 Å². The quantitative estimate of drug-likeness (QED) is 0.186. The van der Waals surface area contributed by atoms with E-state index in [4.69, 9.17) is 9.26 Å². The number of hydrogen-bond acceptors (Lipinski definition) is 5. The number of aromatic carboxylic acids is 1. The van der Waals surface area contributed by atoms with E-state index in [1.54, 1.807) is 18.2 Å². The molecule has 0 saturated heterocycles. The summed E-state index contributed by atoms with van der Waals surface area (Å²) in [6.45, 7) is 0.496. The lowest BCUT2D eigenvalue weighted by Gasteiger charge is -2.44. The van der Waals surface area contributed by atoms with E-state index in [9.17, 15) is 14.7 Å². The Balaban J connectivity index is 0.913. The summed E-state index contributed by atoms with van der Waals surface area (Å²) in [5.74, 6) is 1.92. The molecule has 3 aromatic carbocycles. The molecule has 7 heteroatoms. The fraction of sp³-hybridized carbons (Fsp3) is 0.410. The zero-order chi connectivity index (χ0) is 31.0. The topological polar surface area (TPSA) is 102 Å². The van der Waals surface area contributed by atoms with Crippen LogP contribution >= 0.6 is 0 Å². The zero-order valence-corrected chi connectivity index (χ0v) is 25.8. The predicted octanol–water partition coefficient (Wildman–Crippen LogP) is 8.42. The van der Waals surface area contributed by atoms with E-state index < -0.39 is 5.97 Å². The SMILES string of the molecule is O=C(O)c1ccc(NC(=O)C2C3CC(OCc4c(-c5ccccc5C5CC5)noc4C4CC4)CC4CCC432)cc1-c1ccccc1. The van der Waals surface area contributed by atoms with Gasteiger partial charge in [0.15, 0.2) is 0 Å². The van der Waals surface area contributed by atoms with Crippen molar-refractivity contribution in [1.82, 2.24) is 5.16 Å². The number of nitrogens with zero attached hydrogens (tertiary/aromatic N) is 1. The van der Waals surface area contributed by atoms with E-state index in [2.05, 4.69) is 34.7 Å². The molecular formula is C39H38N2O5. The summed E-state index contributed by atoms with van der Waals surface area (Å²) in [5.41, 5.74) is 6.99. The molecule has 1 aromatic heterocycles. The van der Waals surface area contributed by atoms with Crippen LogP contribution in [0.3, 0.4) is 0 Å². The molecule has 5 unspecified atom stereocenters. The first kappa shape index (κ1) is 28.0. The number of carbonyl (C=O) groups excluding carboxylic acids is 1. The van der Waals surface area contributed by atoms with E-state index in [0.29, 0.717) is 41.5 Å². The van der Waals surface area contributed by atoms with Crippen LogP contribution in [0.5, 0.6) is 0 Å². The van der Waals surface area contributed by atoms with Crippen LogP contribution in [-0.4, -0.2) is 28.2 Å². The van der Waals surface area contributed by atoms with Crippen LogP contribution in [0.4, 0.5) is 5.69 Å². The summed E-state index contributed by atoms with van der Waals surface area (Å²) in [4.78, 5) is 25.7. The number of carboxylic acids is 1. The van der Waals surface area contributed by atoms with Gasteiger partial charge in [0, 0.05) is 28.7 Å². The van der Waals surface area contributed by atoms with Gasteiger partial charge >= 0.3 is 5.97 Å². The maximum absolute atomic E-state index is 13.8. The molecule has 0 radical (unpaired) electrons. The van der Waals surface area contributed by atoms with E-state index in [1.807, 2.05) is 30.3 Å². The van der Waals surface area contributed by atoms with Crippen molar-refractivity contribution in [1.29, 1.82) is 0 Å². The van der Waals surface area contributed by atoms with Crippen molar-refractivity contribution in [3.8, 4) is 22.4 Å². The van der Waals surface area contributed by atoms with Gasteiger partial charge in [-0.15, -0.1) is 0 Å². The number of carbonyl (C=O) groups is 2. The number of anilines is 1. The van der Waals surface area contributed by atoms with Gasteiger partial charge in [-0.1, -0.05) is 59.8 Å². The Hall–Kier alpha value is -4.23. The Morgan fingerprint density at radius 1 is 0.913 bits per heavy atom. The molecule has 5 atom stereocenters. The third-order valence-electron chi connectivity index (χ3n) is 11.7. The minimum atomic E-state index is -0.984. The van der Waals surface area contributed by atoms with E-state index in [-0.39, 0.29) is 28.9 Å². The number of rotatable bonds is 10. The van der Waals surface area contributed by atoms with E-state index >= 15 is 0 Å². The molecule has 1 spiro atoms. The second kappa shape index (κ2) is 10.7. The molecule has 2 N–H and O–H groups in total. The van der Waals surface area contributed by atoms with Crippen LogP contribution in [0.25, 0.3) is 22.4 Å². The number of aromatic nitrogens is 1. The van der Waals surface area contributed by atoms with Crippen molar-refractivity contribution in [2.45, 2.75) is 75.9 Å². The van der Waals surface area contributed by atoms with Gasteiger partial charge in [0.1, 0.15) is 11.5 Å².